The van der Waals surface area contributed by atoms with E-state index in [0.717, 1.165) is 37.6 Å². The summed E-state index contributed by atoms with van der Waals surface area (Å²) in [6.07, 6.45) is 3.07. The predicted molar refractivity (Wildman–Crippen MR) is 149 cm³/mol. The molecule has 1 saturated heterocycles. The van der Waals surface area contributed by atoms with Gasteiger partial charge in [0.2, 0.25) is 11.6 Å². The summed E-state index contributed by atoms with van der Waals surface area (Å²) in [5, 5.41) is 3.03. The van der Waals surface area contributed by atoms with E-state index in [2.05, 4.69) is 20.1 Å². The van der Waals surface area contributed by atoms with Crippen LogP contribution in [0.3, 0.4) is 0 Å². The monoisotopic (exact) mass is 515 g/mol. The van der Waals surface area contributed by atoms with Crippen LogP contribution < -0.4 is 20.9 Å². The maximum absolute atomic E-state index is 15.0. The number of piperazine rings is 1. The molecule has 0 saturated carbocycles. The van der Waals surface area contributed by atoms with E-state index in [9.17, 15) is 14.0 Å². The fraction of sp³-hybridized carbons (Fsp3) is 0.300. The first-order valence-corrected chi connectivity index (χ1v) is 13.1. The molecule has 198 valence electrons. The van der Waals surface area contributed by atoms with Gasteiger partial charge in [-0.3, -0.25) is 9.59 Å². The highest BCUT2D eigenvalue weighted by Gasteiger charge is 2.30. The molecule has 5 rings (SSSR count). The van der Waals surface area contributed by atoms with Gasteiger partial charge in [0.05, 0.1) is 5.69 Å². The summed E-state index contributed by atoms with van der Waals surface area (Å²) < 4.78 is 15.0. The number of carbonyl (C=O) groups excluding carboxylic acids is 2. The number of ketones is 2. The standard InChI is InChI=1S/C28H28FN5O2.C2H6/c29-22-18-19(10-11-23(22)33-14-16-34(17-15-33)24-9-3-4-12-31-24)6-5-13-32-26-25(30)27(35)20-7-1-2-8-21(20)28(26)36;1-2/h1-4,7-12,18,32H,5-6,13-17,30H2;1-2H3. The third-order valence-electron chi connectivity index (χ3n) is 6.71. The number of hydrogen-bond acceptors (Lipinski definition) is 7. The van der Waals surface area contributed by atoms with Gasteiger partial charge in [-0.25, -0.2) is 9.37 Å². The van der Waals surface area contributed by atoms with Crippen molar-refractivity contribution in [3.05, 3.63) is 101 Å². The Morgan fingerprint density at radius 1 is 0.895 bits per heavy atom. The zero-order valence-corrected chi connectivity index (χ0v) is 21.9. The van der Waals surface area contributed by atoms with Crippen LogP contribution in [-0.2, 0) is 6.42 Å². The van der Waals surface area contributed by atoms with Crippen LogP contribution in [0.5, 0.6) is 0 Å². The molecule has 2 heterocycles. The summed E-state index contributed by atoms with van der Waals surface area (Å²) in [5.74, 6) is 0.0958. The normalized spacial score (nSPS) is 15.1. The van der Waals surface area contributed by atoms with Crippen LogP contribution in [0.15, 0.2) is 78.3 Å². The zero-order valence-electron chi connectivity index (χ0n) is 21.9. The molecule has 0 radical (unpaired) electrons. The number of fused-ring (bicyclic) bond motifs is 1. The van der Waals surface area contributed by atoms with Crippen molar-refractivity contribution in [2.75, 3.05) is 42.5 Å². The minimum absolute atomic E-state index is 0.0581. The molecule has 7 nitrogen and oxygen atoms in total. The number of carbonyl (C=O) groups is 2. The molecule has 1 aliphatic carbocycles. The number of nitrogens with zero attached hydrogens (tertiary/aromatic N) is 3. The molecule has 0 spiro atoms. The summed E-state index contributed by atoms with van der Waals surface area (Å²) in [6.45, 7) is 7.46. The fourth-order valence-corrected chi connectivity index (χ4v) is 4.76. The third-order valence-corrected chi connectivity index (χ3v) is 6.71. The van der Waals surface area contributed by atoms with Crippen LogP contribution in [0.25, 0.3) is 0 Å². The number of aromatic nitrogens is 1. The highest BCUT2D eigenvalue weighted by Crippen LogP contribution is 2.25. The Kier molecular flexibility index (Phi) is 8.73. The van der Waals surface area contributed by atoms with Gasteiger partial charge >= 0.3 is 0 Å². The van der Waals surface area contributed by atoms with Crippen LogP contribution in [0, 0.1) is 5.82 Å². The van der Waals surface area contributed by atoms with Crippen molar-refractivity contribution in [3.63, 3.8) is 0 Å². The van der Waals surface area contributed by atoms with E-state index < -0.39 is 0 Å². The Balaban J connectivity index is 0.00000164. The van der Waals surface area contributed by atoms with Crippen LogP contribution in [0.2, 0.25) is 0 Å². The number of rotatable bonds is 7. The Morgan fingerprint density at radius 3 is 2.21 bits per heavy atom. The molecule has 8 heteroatoms. The lowest BCUT2D eigenvalue weighted by Gasteiger charge is -2.36. The minimum Gasteiger partial charge on any atom is -0.394 e. The lowest BCUT2D eigenvalue weighted by Crippen LogP contribution is -2.47. The second-order valence-electron chi connectivity index (χ2n) is 8.97. The van der Waals surface area contributed by atoms with E-state index in [1.165, 1.54) is 0 Å². The lowest BCUT2D eigenvalue weighted by molar-refractivity contribution is 0.0967. The van der Waals surface area contributed by atoms with Gasteiger partial charge in [0.15, 0.2) is 0 Å². The first kappa shape index (κ1) is 26.9. The molecule has 1 aromatic heterocycles. The number of nitrogens with two attached hydrogens (primary N) is 1. The Labute approximate surface area is 223 Å². The highest BCUT2D eigenvalue weighted by molar-refractivity contribution is 6.26. The van der Waals surface area contributed by atoms with Crippen molar-refractivity contribution in [2.24, 2.45) is 5.73 Å². The second-order valence-corrected chi connectivity index (χ2v) is 8.97. The topological polar surface area (TPSA) is 91.6 Å². The second kappa shape index (κ2) is 12.4. The molecule has 0 amide bonds. The summed E-state index contributed by atoms with van der Waals surface area (Å²) >= 11 is 0. The van der Waals surface area contributed by atoms with E-state index in [1.807, 2.05) is 44.2 Å². The first-order chi connectivity index (χ1) is 18.5. The smallest absolute Gasteiger partial charge is 0.211 e. The Morgan fingerprint density at radius 2 is 1.55 bits per heavy atom. The van der Waals surface area contributed by atoms with Gasteiger partial charge in [-0.1, -0.05) is 50.2 Å². The Hall–Kier alpha value is -4.20. The van der Waals surface area contributed by atoms with Gasteiger partial charge in [0, 0.05) is 50.0 Å². The number of pyridine rings is 1. The molecule has 0 bridgehead atoms. The van der Waals surface area contributed by atoms with Crippen molar-refractivity contribution >= 4 is 23.1 Å². The maximum Gasteiger partial charge on any atom is 0.211 e. The van der Waals surface area contributed by atoms with E-state index in [1.54, 1.807) is 36.5 Å². The van der Waals surface area contributed by atoms with Crippen LogP contribution in [-0.4, -0.2) is 49.3 Å². The van der Waals surface area contributed by atoms with Crippen LogP contribution >= 0.6 is 0 Å². The minimum atomic E-state index is -0.341. The summed E-state index contributed by atoms with van der Waals surface area (Å²) in [5.41, 5.74) is 8.22. The molecule has 0 atom stereocenters. The molecule has 3 N–H and O–H groups in total. The van der Waals surface area contributed by atoms with E-state index >= 15 is 0 Å². The summed E-state index contributed by atoms with van der Waals surface area (Å²) in [6, 6.07) is 17.9. The van der Waals surface area contributed by atoms with Crippen molar-refractivity contribution in [1.82, 2.24) is 10.3 Å². The largest absolute Gasteiger partial charge is 0.394 e. The number of allylic oxidation sites excluding steroid dienone is 2. The van der Waals surface area contributed by atoms with E-state index in [-0.39, 0.29) is 28.8 Å². The van der Waals surface area contributed by atoms with Crippen molar-refractivity contribution in [2.45, 2.75) is 26.7 Å². The molecule has 38 heavy (non-hydrogen) atoms. The number of Topliss-reactive ketones (excluding diaryl/α,β-unsaturated/α-hetero) is 2. The van der Waals surface area contributed by atoms with Crippen molar-refractivity contribution in [1.29, 1.82) is 0 Å². The average Bonchev–Trinajstić information content (AvgIpc) is 2.97. The number of nitrogens with one attached hydrogen (secondary N) is 1. The van der Waals surface area contributed by atoms with E-state index in [4.69, 9.17) is 5.73 Å². The molecule has 2 aromatic carbocycles. The molecule has 1 fully saturated rings. The number of aryl methyl sites for hydroxylation is 1. The molecular formula is C30H34FN5O2. The number of anilines is 2. The fourth-order valence-electron chi connectivity index (χ4n) is 4.76. The zero-order chi connectivity index (χ0) is 27.1. The van der Waals surface area contributed by atoms with E-state index in [0.29, 0.717) is 36.2 Å². The molecule has 0 unspecified atom stereocenters. The van der Waals surface area contributed by atoms with Crippen molar-refractivity contribution in [3.8, 4) is 0 Å². The van der Waals surface area contributed by atoms with Gasteiger partial charge in [-0.05, 0) is 42.7 Å². The number of halogens is 1. The number of benzene rings is 2. The quantitative estimate of drug-likeness (QED) is 0.452. The average molecular weight is 516 g/mol. The SMILES string of the molecule is CC.NC1=C(NCCCc2ccc(N3CCN(c4ccccn4)CC3)c(F)c2)C(=O)c2ccccc2C1=O. The van der Waals surface area contributed by atoms with Crippen LogP contribution in [0.4, 0.5) is 15.9 Å². The van der Waals surface area contributed by atoms with Gasteiger partial charge in [-0.2, -0.15) is 0 Å². The summed E-state index contributed by atoms with van der Waals surface area (Å²) in [7, 11) is 0. The third kappa shape index (κ3) is 5.69. The molecule has 3 aromatic rings. The predicted octanol–water partition coefficient (Wildman–Crippen LogP) is 4.35. The van der Waals surface area contributed by atoms with Crippen molar-refractivity contribution < 1.29 is 14.0 Å². The molecular weight excluding hydrogens is 481 g/mol. The van der Waals surface area contributed by atoms with Gasteiger partial charge in [0.25, 0.3) is 0 Å². The highest BCUT2D eigenvalue weighted by atomic mass is 19.1. The van der Waals surface area contributed by atoms with Gasteiger partial charge < -0.3 is 20.9 Å². The summed E-state index contributed by atoms with van der Waals surface area (Å²) in [4.78, 5) is 33.9. The van der Waals surface area contributed by atoms with Gasteiger partial charge in [-0.15, -0.1) is 0 Å². The lowest BCUT2D eigenvalue weighted by atomic mass is 9.90. The molecule has 1 aliphatic heterocycles. The van der Waals surface area contributed by atoms with Gasteiger partial charge in [0.1, 0.15) is 23.0 Å². The maximum atomic E-state index is 15.0. The first-order valence-electron chi connectivity index (χ1n) is 13.1. The number of hydrogen-bond donors (Lipinski definition) is 2. The molecule has 2 aliphatic rings. The van der Waals surface area contributed by atoms with Crippen LogP contribution in [0.1, 0.15) is 46.5 Å². The Bertz CT molecular complexity index is 1320.